The van der Waals surface area contributed by atoms with Gasteiger partial charge >= 0.3 is 5.97 Å². The topological polar surface area (TPSA) is 77.9 Å². The highest BCUT2D eigenvalue weighted by Gasteiger charge is 2.39. The molecule has 6 heteroatoms. The van der Waals surface area contributed by atoms with Crippen LogP contribution in [0.1, 0.15) is 24.0 Å². The Labute approximate surface area is 141 Å². The summed E-state index contributed by atoms with van der Waals surface area (Å²) in [6.07, 6.45) is 0.716. The van der Waals surface area contributed by atoms with Crippen LogP contribution in [-0.2, 0) is 20.9 Å². The maximum atomic E-state index is 12.6. The van der Waals surface area contributed by atoms with E-state index < -0.39 is 11.9 Å². The molecule has 0 spiro atoms. The number of carbonyl (C=O) groups is 3. The Bertz CT molecular complexity index is 655. The summed E-state index contributed by atoms with van der Waals surface area (Å²) in [4.78, 5) is 39.1. The molecular formula is C18H22N2O4. The van der Waals surface area contributed by atoms with Crippen LogP contribution in [-0.4, -0.2) is 52.3 Å². The second kappa shape index (κ2) is 6.63. The van der Waals surface area contributed by atoms with Gasteiger partial charge in [0.2, 0.25) is 11.8 Å². The van der Waals surface area contributed by atoms with Crippen LogP contribution in [0.2, 0.25) is 0 Å². The first-order valence-electron chi connectivity index (χ1n) is 8.29. The zero-order valence-electron chi connectivity index (χ0n) is 13.8. The van der Waals surface area contributed by atoms with E-state index in [9.17, 15) is 14.4 Å². The molecule has 0 bridgehead atoms. The van der Waals surface area contributed by atoms with Crippen LogP contribution in [0.3, 0.4) is 0 Å². The molecule has 0 unspecified atom stereocenters. The Morgan fingerprint density at radius 3 is 2.50 bits per heavy atom. The normalized spacial score (nSPS) is 23.8. The van der Waals surface area contributed by atoms with Crippen LogP contribution in [0.5, 0.6) is 0 Å². The molecule has 0 saturated carbocycles. The van der Waals surface area contributed by atoms with E-state index in [4.69, 9.17) is 5.11 Å². The second-order valence-electron chi connectivity index (χ2n) is 6.77. The van der Waals surface area contributed by atoms with E-state index in [2.05, 4.69) is 0 Å². The predicted octanol–water partition coefficient (Wildman–Crippen LogP) is 1.28. The van der Waals surface area contributed by atoms with Crippen molar-refractivity contribution < 1.29 is 19.5 Å². The number of rotatable bonds is 4. The van der Waals surface area contributed by atoms with E-state index >= 15 is 0 Å². The van der Waals surface area contributed by atoms with Gasteiger partial charge in [-0.25, -0.2) is 0 Å². The minimum Gasteiger partial charge on any atom is -0.481 e. The molecule has 2 atom stereocenters. The number of carbonyl (C=O) groups excluding carboxylic acids is 2. The third-order valence-corrected chi connectivity index (χ3v) is 4.91. The first kappa shape index (κ1) is 16.5. The Balaban J connectivity index is 1.59. The van der Waals surface area contributed by atoms with E-state index in [0.717, 1.165) is 5.56 Å². The van der Waals surface area contributed by atoms with E-state index in [1.807, 2.05) is 31.2 Å². The van der Waals surface area contributed by atoms with E-state index in [-0.39, 0.29) is 30.7 Å². The van der Waals surface area contributed by atoms with Gasteiger partial charge in [0.25, 0.3) is 0 Å². The molecule has 2 fully saturated rings. The number of hydrogen-bond donors (Lipinski definition) is 1. The van der Waals surface area contributed by atoms with Crippen molar-refractivity contribution in [2.75, 3.05) is 19.6 Å². The zero-order valence-corrected chi connectivity index (χ0v) is 13.8. The summed E-state index contributed by atoms with van der Waals surface area (Å²) in [7, 11) is 0. The SMILES string of the molecule is Cc1ccc(CN2C[C@@H](C(=O)N3CC[C@@H](C(=O)O)C3)CC2=O)cc1. The van der Waals surface area contributed by atoms with Gasteiger partial charge in [0.15, 0.2) is 0 Å². The fraction of sp³-hybridized carbons (Fsp3) is 0.500. The third-order valence-electron chi connectivity index (χ3n) is 4.91. The number of nitrogens with zero attached hydrogens (tertiary/aromatic N) is 2. The second-order valence-corrected chi connectivity index (χ2v) is 6.77. The number of benzene rings is 1. The van der Waals surface area contributed by atoms with Crippen molar-refractivity contribution in [3.05, 3.63) is 35.4 Å². The summed E-state index contributed by atoms with van der Waals surface area (Å²) < 4.78 is 0. The molecule has 2 amide bonds. The Kier molecular flexibility index (Phi) is 4.55. The molecule has 0 aliphatic carbocycles. The quantitative estimate of drug-likeness (QED) is 0.902. The average Bonchev–Trinajstić information content (AvgIpc) is 3.17. The maximum Gasteiger partial charge on any atom is 0.308 e. The predicted molar refractivity (Wildman–Crippen MR) is 87.0 cm³/mol. The van der Waals surface area contributed by atoms with Gasteiger partial charge in [-0.2, -0.15) is 0 Å². The summed E-state index contributed by atoms with van der Waals surface area (Å²) >= 11 is 0. The monoisotopic (exact) mass is 330 g/mol. The van der Waals surface area contributed by atoms with Crippen LogP contribution in [0.4, 0.5) is 0 Å². The van der Waals surface area contributed by atoms with Gasteiger partial charge in [0.1, 0.15) is 0 Å². The van der Waals surface area contributed by atoms with Gasteiger partial charge < -0.3 is 14.9 Å². The molecule has 1 N–H and O–H groups in total. The maximum absolute atomic E-state index is 12.6. The van der Waals surface area contributed by atoms with Crippen molar-refractivity contribution in [2.24, 2.45) is 11.8 Å². The lowest BCUT2D eigenvalue weighted by atomic mass is 10.1. The molecule has 24 heavy (non-hydrogen) atoms. The molecule has 3 rings (SSSR count). The highest BCUT2D eigenvalue weighted by atomic mass is 16.4. The lowest BCUT2D eigenvalue weighted by Gasteiger charge is -2.21. The molecule has 6 nitrogen and oxygen atoms in total. The zero-order chi connectivity index (χ0) is 17.3. The number of hydrogen-bond acceptors (Lipinski definition) is 3. The van der Waals surface area contributed by atoms with E-state index in [1.165, 1.54) is 5.56 Å². The summed E-state index contributed by atoms with van der Waals surface area (Å²) in [5, 5.41) is 9.05. The number of amides is 2. The molecule has 2 aliphatic rings. The number of likely N-dealkylation sites (tertiary alicyclic amines) is 2. The van der Waals surface area contributed by atoms with Gasteiger partial charge in [-0.1, -0.05) is 29.8 Å². The van der Waals surface area contributed by atoms with Crippen molar-refractivity contribution in [1.82, 2.24) is 9.80 Å². The van der Waals surface area contributed by atoms with Crippen LogP contribution in [0, 0.1) is 18.8 Å². The summed E-state index contributed by atoms with van der Waals surface area (Å²) in [6.45, 7) is 3.68. The van der Waals surface area contributed by atoms with Crippen LogP contribution >= 0.6 is 0 Å². The van der Waals surface area contributed by atoms with Gasteiger partial charge in [-0.3, -0.25) is 14.4 Å². The van der Waals surface area contributed by atoms with Gasteiger partial charge in [0, 0.05) is 32.6 Å². The molecule has 0 aromatic heterocycles. The molecule has 2 saturated heterocycles. The lowest BCUT2D eigenvalue weighted by Crippen LogP contribution is -2.36. The van der Waals surface area contributed by atoms with Crippen LogP contribution in [0.15, 0.2) is 24.3 Å². The highest BCUT2D eigenvalue weighted by Crippen LogP contribution is 2.25. The van der Waals surface area contributed by atoms with Gasteiger partial charge in [0.05, 0.1) is 11.8 Å². The third kappa shape index (κ3) is 3.42. The van der Waals surface area contributed by atoms with Crippen molar-refractivity contribution in [3.63, 3.8) is 0 Å². The fourth-order valence-electron chi connectivity index (χ4n) is 3.42. The molecular weight excluding hydrogens is 308 g/mol. The molecule has 0 radical (unpaired) electrons. The van der Waals surface area contributed by atoms with E-state index in [1.54, 1.807) is 9.80 Å². The smallest absolute Gasteiger partial charge is 0.308 e. The van der Waals surface area contributed by atoms with Gasteiger partial charge in [-0.05, 0) is 18.9 Å². The van der Waals surface area contributed by atoms with Crippen molar-refractivity contribution in [3.8, 4) is 0 Å². The molecule has 128 valence electrons. The van der Waals surface area contributed by atoms with Crippen LogP contribution < -0.4 is 0 Å². The Hall–Kier alpha value is -2.37. The molecule has 1 aromatic rings. The highest BCUT2D eigenvalue weighted by molar-refractivity contribution is 5.89. The van der Waals surface area contributed by atoms with E-state index in [0.29, 0.717) is 26.1 Å². The minimum absolute atomic E-state index is 0.0112. The molecule has 2 heterocycles. The summed E-state index contributed by atoms with van der Waals surface area (Å²) in [5.74, 6) is -1.78. The number of aliphatic carboxylic acids is 1. The Morgan fingerprint density at radius 1 is 1.17 bits per heavy atom. The molecule has 1 aromatic carbocycles. The standard InChI is InChI=1S/C18H22N2O4/c1-12-2-4-13(5-3-12)9-20-11-15(8-16(20)21)17(22)19-7-6-14(10-19)18(23)24/h2-5,14-15H,6-11H2,1H3,(H,23,24)/t14-,15+/m1/s1. The first-order valence-corrected chi connectivity index (χ1v) is 8.29. The van der Waals surface area contributed by atoms with Gasteiger partial charge in [-0.15, -0.1) is 0 Å². The number of carboxylic acids is 1. The van der Waals surface area contributed by atoms with Crippen molar-refractivity contribution in [1.29, 1.82) is 0 Å². The van der Waals surface area contributed by atoms with Crippen LogP contribution in [0.25, 0.3) is 0 Å². The van der Waals surface area contributed by atoms with Crippen molar-refractivity contribution >= 4 is 17.8 Å². The molecule has 2 aliphatic heterocycles. The first-order chi connectivity index (χ1) is 11.4. The Morgan fingerprint density at radius 2 is 1.88 bits per heavy atom. The average molecular weight is 330 g/mol. The minimum atomic E-state index is -0.853. The number of aryl methyl sites for hydroxylation is 1. The number of carboxylic acid groups (broad SMARTS) is 1. The fourth-order valence-corrected chi connectivity index (χ4v) is 3.42. The van der Waals surface area contributed by atoms with Crippen molar-refractivity contribution in [2.45, 2.75) is 26.3 Å². The largest absolute Gasteiger partial charge is 0.481 e. The summed E-state index contributed by atoms with van der Waals surface area (Å²) in [6, 6.07) is 8.01. The summed E-state index contributed by atoms with van der Waals surface area (Å²) in [5.41, 5.74) is 2.22. The lowest BCUT2D eigenvalue weighted by molar-refractivity contribution is -0.141.